The van der Waals surface area contributed by atoms with Crippen LogP contribution in [0.5, 0.6) is 5.75 Å². The standard InChI is InChI=1S/C20H22N6O2/c1-12-3-2-4-13-9-15(28-17(12)13)20(27)25-14-5-7-26(8-6-14)19-16-18(22-10-21-16)23-11-24-19/h2-4,10-11,14-15H,5-9H2,1H3,(H,25,27)(H,21,22,23,24). The molecule has 0 bridgehead atoms. The van der Waals surface area contributed by atoms with Crippen molar-refractivity contribution in [1.82, 2.24) is 25.3 Å². The van der Waals surface area contributed by atoms with Crippen LogP contribution in [0.2, 0.25) is 0 Å². The number of imidazole rings is 1. The van der Waals surface area contributed by atoms with E-state index in [-0.39, 0.29) is 11.9 Å². The molecule has 8 nitrogen and oxygen atoms in total. The molecule has 1 aromatic carbocycles. The molecular formula is C20H22N6O2. The van der Waals surface area contributed by atoms with Gasteiger partial charge in [-0.25, -0.2) is 15.0 Å². The number of H-pyrrole nitrogens is 1. The van der Waals surface area contributed by atoms with Gasteiger partial charge in [-0.3, -0.25) is 4.79 Å². The van der Waals surface area contributed by atoms with Crippen molar-refractivity contribution in [2.45, 2.75) is 38.3 Å². The number of hydrogen-bond donors (Lipinski definition) is 2. The van der Waals surface area contributed by atoms with Crippen LogP contribution in [-0.4, -0.2) is 51.1 Å². The highest BCUT2D eigenvalue weighted by Gasteiger charge is 2.32. The molecule has 8 heteroatoms. The fourth-order valence-corrected chi connectivity index (χ4v) is 4.09. The molecule has 4 heterocycles. The number of carbonyl (C=O) groups is 1. The number of aromatic amines is 1. The van der Waals surface area contributed by atoms with Gasteiger partial charge in [-0.1, -0.05) is 18.2 Å². The lowest BCUT2D eigenvalue weighted by Gasteiger charge is -2.33. The summed E-state index contributed by atoms with van der Waals surface area (Å²) in [4.78, 5) is 30.8. The Morgan fingerprint density at radius 2 is 2.11 bits per heavy atom. The second-order valence-electron chi connectivity index (χ2n) is 7.44. The minimum atomic E-state index is -0.430. The minimum Gasteiger partial charge on any atom is -0.480 e. The molecule has 2 aliphatic rings. The lowest BCUT2D eigenvalue weighted by molar-refractivity contribution is -0.128. The average molecular weight is 378 g/mol. The molecule has 1 amide bonds. The number of carbonyl (C=O) groups excluding carboxylic acids is 1. The van der Waals surface area contributed by atoms with E-state index in [2.05, 4.69) is 30.2 Å². The van der Waals surface area contributed by atoms with Gasteiger partial charge in [0.15, 0.2) is 17.6 Å². The molecule has 144 valence electrons. The fraction of sp³-hybridized carbons (Fsp3) is 0.400. The average Bonchev–Trinajstić information content (AvgIpc) is 3.36. The molecule has 5 rings (SSSR count). The quantitative estimate of drug-likeness (QED) is 0.721. The van der Waals surface area contributed by atoms with Crippen LogP contribution in [0.3, 0.4) is 0 Å². The van der Waals surface area contributed by atoms with Crippen LogP contribution in [0.15, 0.2) is 30.9 Å². The molecule has 1 unspecified atom stereocenters. The summed E-state index contributed by atoms with van der Waals surface area (Å²) < 4.78 is 5.92. The van der Waals surface area contributed by atoms with Crippen LogP contribution in [0, 0.1) is 6.92 Å². The van der Waals surface area contributed by atoms with Crippen molar-refractivity contribution in [2.75, 3.05) is 18.0 Å². The van der Waals surface area contributed by atoms with Gasteiger partial charge in [-0.2, -0.15) is 0 Å². The Balaban J connectivity index is 1.20. The zero-order valence-corrected chi connectivity index (χ0v) is 15.7. The largest absolute Gasteiger partial charge is 0.480 e. The second-order valence-corrected chi connectivity index (χ2v) is 7.44. The number of benzene rings is 1. The lowest BCUT2D eigenvalue weighted by Crippen LogP contribution is -2.48. The van der Waals surface area contributed by atoms with Crippen LogP contribution in [-0.2, 0) is 11.2 Å². The van der Waals surface area contributed by atoms with E-state index in [0.29, 0.717) is 12.1 Å². The van der Waals surface area contributed by atoms with Gasteiger partial charge in [-0.05, 0) is 30.9 Å². The maximum atomic E-state index is 12.7. The molecule has 2 aromatic heterocycles. The third-order valence-corrected chi connectivity index (χ3v) is 5.60. The molecule has 0 spiro atoms. The van der Waals surface area contributed by atoms with E-state index in [1.807, 2.05) is 25.1 Å². The van der Waals surface area contributed by atoms with Crippen molar-refractivity contribution in [3.05, 3.63) is 42.0 Å². The molecule has 0 saturated carbocycles. The van der Waals surface area contributed by atoms with Crippen LogP contribution in [0.4, 0.5) is 5.82 Å². The van der Waals surface area contributed by atoms with Crippen molar-refractivity contribution < 1.29 is 9.53 Å². The number of fused-ring (bicyclic) bond motifs is 2. The zero-order valence-electron chi connectivity index (χ0n) is 15.7. The number of aromatic nitrogens is 4. The lowest BCUT2D eigenvalue weighted by atomic mass is 10.0. The molecule has 1 saturated heterocycles. The van der Waals surface area contributed by atoms with E-state index in [9.17, 15) is 4.79 Å². The molecule has 2 N–H and O–H groups in total. The van der Waals surface area contributed by atoms with E-state index in [1.54, 1.807) is 12.7 Å². The number of anilines is 1. The summed E-state index contributed by atoms with van der Waals surface area (Å²) in [5, 5.41) is 3.18. The van der Waals surface area contributed by atoms with E-state index in [4.69, 9.17) is 4.74 Å². The summed E-state index contributed by atoms with van der Waals surface area (Å²) in [6.45, 7) is 3.65. The summed E-state index contributed by atoms with van der Waals surface area (Å²) in [6.07, 6.45) is 5.12. The van der Waals surface area contributed by atoms with Gasteiger partial charge in [0.05, 0.1) is 6.33 Å². The Morgan fingerprint density at radius 1 is 1.25 bits per heavy atom. The monoisotopic (exact) mass is 378 g/mol. The Morgan fingerprint density at radius 3 is 2.93 bits per heavy atom. The highest BCUT2D eigenvalue weighted by molar-refractivity contribution is 5.84. The molecule has 1 atom stereocenters. The second kappa shape index (κ2) is 6.78. The third-order valence-electron chi connectivity index (χ3n) is 5.60. The number of aryl methyl sites for hydroxylation is 1. The number of nitrogens with one attached hydrogen (secondary N) is 2. The number of para-hydroxylation sites is 1. The first-order chi connectivity index (χ1) is 13.7. The molecule has 1 fully saturated rings. The van der Waals surface area contributed by atoms with Gasteiger partial charge in [0, 0.05) is 25.6 Å². The Labute approximate surface area is 162 Å². The number of amides is 1. The van der Waals surface area contributed by atoms with Crippen LogP contribution >= 0.6 is 0 Å². The summed E-state index contributed by atoms with van der Waals surface area (Å²) in [6, 6.07) is 6.21. The van der Waals surface area contributed by atoms with Crippen molar-refractivity contribution >= 4 is 22.9 Å². The summed E-state index contributed by atoms with van der Waals surface area (Å²) in [5.41, 5.74) is 3.73. The van der Waals surface area contributed by atoms with Crippen molar-refractivity contribution in [2.24, 2.45) is 0 Å². The first kappa shape index (κ1) is 17.0. The predicted molar refractivity (Wildman–Crippen MR) is 104 cm³/mol. The SMILES string of the molecule is Cc1cccc2c1OC(C(=O)NC1CCN(c3ncnc4nc[nH]c34)CC1)C2. The first-order valence-corrected chi connectivity index (χ1v) is 9.63. The van der Waals surface area contributed by atoms with Crippen molar-refractivity contribution in [3.63, 3.8) is 0 Å². The normalized spacial score (nSPS) is 19.5. The van der Waals surface area contributed by atoms with Crippen LogP contribution < -0.4 is 15.0 Å². The van der Waals surface area contributed by atoms with Crippen molar-refractivity contribution in [3.8, 4) is 5.75 Å². The Hall–Kier alpha value is -3.16. The topological polar surface area (TPSA) is 96.0 Å². The highest BCUT2D eigenvalue weighted by atomic mass is 16.5. The third kappa shape index (κ3) is 2.94. The predicted octanol–water partition coefficient (Wildman–Crippen LogP) is 1.75. The highest BCUT2D eigenvalue weighted by Crippen LogP contribution is 2.32. The molecule has 0 radical (unpaired) electrons. The summed E-state index contributed by atoms with van der Waals surface area (Å²) >= 11 is 0. The van der Waals surface area contributed by atoms with Crippen LogP contribution in [0.1, 0.15) is 24.0 Å². The molecule has 0 aliphatic carbocycles. The van der Waals surface area contributed by atoms with E-state index >= 15 is 0 Å². The summed E-state index contributed by atoms with van der Waals surface area (Å²) in [5.74, 6) is 1.72. The number of hydrogen-bond acceptors (Lipinski definition) is 6. The molecular weight excluding hydrogens is 356 g/mol. The first-order valence-electron chi connectivity index (χ1n) is 9.63. The van der Waals surface area contributed by atoms with Gasteiger partial charge >= 0.3 is 0 Å². The van der Waals surface area contributed by atoms with E-state index < -0.39 is 6.10 Å². The smallest absolute Gasteiger partial charge is 0.261 e. The van der Waals surface area contributed by atoms with Gasteiger partial charge in [0.25, 0.3) is 5.91 Å². The maximum Gasteiger partial charge on any atom is 0.261 e. The van der Waals surface area contributed by atoms with E-state index in [1.165, 1.54) is 0 Å². The summed E-state index contributed by atoms with van der Waals surface area (Å²) in [7, 11) is 0. The molecule has 28 heavy (non-hydrogen) atoms. The Bertz CT molecular complexity index is 1020. The Kier molecular flexibility index (Phi) is 4.11. The number of ether oxygens (including phenoxy) is 1. The van der Waals surface area contributed by atoms with Crippen molar-refractivity contribution in [1.29, 1.82) is 0 Å². The van der Waals surface area contributed by atoms with Gasteiger partial charge in [0.2, 0.25) is 0 Å². The number of nitrogens with zero attached hydrogens (tertiary/aromatic N) is 4. The fourth-order valence-electron chi connectivity index (χ4n) is 4.09. The zero-order chi connectivity index (χ0) is 19.1. The van der Waals surface area contributed by atoms with Gasteiger partial charge in [0.1, 0.15) is 17.6 Å². The molecule has 2 aliphatic heterocycles. The van der Waals surface area contributed by atoms with Gasteiger partial charge in [-0.15, -0.1) is 0 Å². The number of piperidine rings is 1. The van der Waals surface area contributed by atoms with Crippen LogP contribution in [0.25, 0.3) is 11.2 Å². The van der Waals surface area contributed by atoms with Gasteiger partial charge < -0.3 is 19.9 Å². The maximum absolute atomic E-state index is 12.7. The van der Waals surface area contributed by atoms with E-state index in [0.717, 1.165) is 54.1 Å². The number of rotatable bonds is 3. The molecule has 3 aromatic rings. The minimum absolute atomic E-state index is 0.0213.